The molecule has 9 nitrogen and oxygen atoms in total. The number of benzene rings is 3. The first-order valence-electron chi connectivity index (χ1n) is 9.45. The van der Waals surface area contributed by atoms with E-state index in [1.807, 2.05) is 6.07 Å². The molecule has 1 amide bonds. The molecule has 1 N–H and O–H groups in total. The number of para-hydroxylation sites is 1. The Bertz CT molecular complexity index is 1250. The molecule has 3 rings (SSSR count). The van der Waals surface area contributed by atoms with Gasteiger partial charge < -0.3 is 10.1 Å². The van der Waals surface area contributed by atoms with Crippen molar-refractivity contribution in [1.29, 1.82) is 0 Å². The number of ether oxygens (including phenoxy) is 1. The van der Waals surface area contributed by atoms with Crippen LogP contribution in [-0.4, -0.2) is 32.6 Å². The van der Waals surface area contributed by atoms with E-state index in [2.05, 4.69) is 5.32 Å². The Morgan fingerprint density at radius 2 is 1.72 bits per heavy atom. The molecule has 3 aromatic rings. The van der Waals surface area contributed by atoms with Gasteiger partial charge in [-0.2, -0.15) is 0 Å². The van der Waals surface area contributed by atoms with Crippen LogP contribution in [0.2, 0.25) is 0 Å². The SMILES string of the molecule is COc1ccc([N+](=O)[O-])cc1NC(=O)c1ccccc1N(Cc1ccccc1)S(C)(=O)=O. The lowest BCUT2D eigenvalue weighted by atomic mass is 10.1. The predicted molar refractivity (Wildman–Crippen MR) is 122 cm³/mol. The summed E-state index contributed by atoms with van der Waals surface area (Å²) in [6.07, 6.45) is 1.06. The number of anilines is 2. The number of nitro benzene ring substituents is 1. The number of carbonyl (C=O) groups excluding carboxylic acids is 1. The fourth-order valence-corrected chi connectivity index (χ4v) is 4.01. The number of non-ortho nitro benzene ring substituents is 1. The topological polar surface area (TPSA) is 119 Å². The molecule has 0 saturated heterocycles. The van der Waals surface area contributed by atoms with Crippen LogP contribution in [0.1, 0.15) is 15.9 Å². The zero-order valence-electron chi connectivity index (χ0n) is 17.4. The normalized spacial score (nSPS) is 10.9. The number of rotatable bonds is 8. The molecule has 32 heavy (non-hydrogen) atoms. The molecule has 0 aliphatic rings. The van der Waals surface area contributed by atoms with Crippen molar-refractivity contribution in [1.82, 2.24) is 0 Å². The lowest BCUT2D eigenvalue weighted by molar-refractivity contribution is -0.384. The number of carbonyl (C=O) groups is 1. The van der Waals surface area contributed by atoms with Gasteiger partial charge in [0, 0.05) is 12.1 Å². The second-order valence-corrected chi connectivity index (χ2v) is 8.78. The van der Waals surface area contributed by atoms with Crippen LogP contribution in [0.4, 0.5) is 17.1 Å². The third-order valence-electron chi connectivity index (χ3n) is 4.63. The second-order valence-electron chi connectivity index (χ2n) is 6.87. The maximum atomic E-state index is 13.1. The minimum atomic E-state index is -3.74. The summed E-state index contributed by atoms with van der Waals surface area (Å²) in [5.74, 6) is -0.410. The number of hydrogen-bond acceptors (Lipinski definition) is 6. The lowest BCUT2D eigenvalue weighted by Crippen LogP contribution is -2.31. The highest BCUT2D eigenvalue weighted by atomic mass is 32.2. The summed E-state index contributed by atoms with van der Waals surface area (Å²) in [5, 5.41) is 13.7. The number of methoxy groups -OCH3 is 1. The minimum absolute atomic E-state index is 0.0318. The highest BCUT2D eigenvalue weighted by Crippen LogP contribution is 2.31. The monoisotopic (exact) mass is 455 g/mol. The van der Waals surface area contributed by atoms with E-state index < -0.39 is 20.9 Å². The van der Waals surface area contributed by atoms with Crippen LogP contribution in [0.3, 0.4) is 0 Å². The first kappa shape index (κ1) is 22.8. The third-order valence-corrected chi connectivity index (χ3v) is 5.76. The quantitative estimate of drug-likeness (QED) is 0.407. The van der Waals surface area contributed by atoms with Crippen LogP contribution < -0.4 is 14.4 Å². The predicted octanol–water partition coefficient (Wildman–Crippen LogP) is 3.82. The minimum Gasteiger partial charge on any atom is -0.495 e. The van der Waals surface area contributed by atoms with Crippen molar-refractivity contribution in [2.45, 2.75) is 6.54 Å². The van der Waals surface area contributed by atoms with E-state index >= 15 is 0 Å². The van der Waals surface area contributed by atoms with Gasteiger partial charge in [0.05, 0.1) is 41.8 Å². The van der Waals surface area contributed by atoms with Gasteiger partial charge >= 0.3 is 0 Å². The van der Waals surface area contributed by atoms with Crippen LogP contribution in [0.15, 0.2) is 72.8 Å². The van der Waals surface area contributed by atoms with Gasteiger partial charge in [-0.25, -0.2) is 8.42 Å². The van der Waals surface area contributed by atoms with Crippen molar-refractivity contribution in [2.75, 3.05) is 23.0 Å². The van der Waals surface area contributed by atoms with Crippen LogP contribution in [0.25, 0.3) is 0 Å². The smallest absolute Gasteiger partial charge is 0.271 e. The summed E-state index contributed by atoms with van der Waals surface area (Å²) in [4.78, 5) is 23.6. The van der Waals surface area contributed by atoms with E-state index in [1.54, 1.807) is 36.4 Å². The Morgan fingerprint density at radius 3 is 2.34 bits per heavy atom. The number of sulfonamides is 1. The molecule has 166 valence electrons. The van der Waals surface area contributed by atoms with E-state index in [1.165, 1.54) is 37.4 Å². The molecule has 0 atom stereocenters. The molecule has 0 aliphatic carbocycles. The Kier molecular flexibility index (Phi) is 6.74. The largest absolute Gasteiger partial charge is 0.495 e. The zero-order chi connectivity index (χ0) is 23.3. The van der Waals surface area contributed by atoms with Crippen LogP contribution in [-0.2, 0) is 16.6 Å². The first-order chi connectivity index (χ1) is 15.2. The van der Waals surface area contributed by atoms with E-state index in [0.29, 0.717) is 0 Å². The third kappa shape index (κ3) is 5.22. The van der Waals surface area contributed by atoms with Gasteiger partial charge in [0.1, 0.15) is 5.75 Å². The summed E-state index contributed by atoms with van der Waals surface area (Å²) in [5.41, 5.74) is 0.878. The van der Waals surface area contributed by atoms with Crippen LogP contribution in [0.5, 0.6) is 5.75 Å². The summed E-state index contributed by atoms with van der Waals surface area (Å²) in [7, 11) is -2.37. The van der Waals surface area contributed by atoms with Crippen molar-refractivity contribution in [3.63, 3.8) is 0 Å². The number of nitrogens with zero attached hydrogens (tertiary/aromatic N) is 2. The zero-order valence-corrected chi connectivity index (χ0v) is 18.2. The van der Waals surface area contributed by atoms with Crippen molar-refractivity contribution in [2.24, 2.45) is 0 Å². The van der Waals surface area contributed by atoms with Gasteiger partial charge in [-0.3, -0.25) is 19.2 Å². The highest BCUT2D eigenvalue weighted by Gasteiger charge is 2.24. The second kappa shape index (κ2) is 9.48. The lowest BCUT2D eigenvalue weighted by Gasteiger charge is -2.25. The van der Waals surface area contributed by atoms with Gasteiger partial charge in [0.2, 0.25) is 10.0 Å². The molecular weight excluding hydrogens is 434 g/mol. The van der Waals surface area contributed by atoms with Gasteiger partial charge in [0.15, 0.2) is 0 Å². The summed E-state index contributed by atoms with van der Waals surface area (Å²) < 4.78 is 31.5. The summed E-state index contributed by atoms with van der Waals surface area (Å²) >= 11 is 0. The Hall–Kier alpha value is -3.92. The van der Waals surface area contributed by atoms with E-state index in [0.717, 1.165) is 16.1 Å². The first-order valence-corrected chi connectivity index (χ1v) is 11.3. The van der Waals surface area contributed by atoms with Crippen molar-refractivity contribution < 1.29 is 22.9 Å². The number of nitrogens with one attached hydrogen (secondary N) is 1. The Labute approximate surface area is 185 Å². The fourth-order valence-electron chi connectivity index (χ4n) is 3.11. The average molecular weight is 455 g/mol. The van der Waals surface area contributed by atoms with E-state index in [9.17, 15) is 23.3 Å². The fraction of sp³-hybridized carbons (Fsp3) is 0.136. The highest BCUT2D eigenvalue weighted by molar-refractivity contribution is 7.92. The van der Waals surface area contributed by atoms with Gasteiger partial charge in [-0.05, 0) is 23.8 Å². The Morgan fingerprint density at radius 1 is 1.06 bits per heavy atom. The molecule has 0 fully saturated rings. The summed E-state index contributed by atoms with van der Waals surface area (Å²) in [6, 6.07) is 19.0. The molecule has 0 heterocycles. The molecule has 10 heteroatoms. The van der Waals surface area contributed by atoms with Gasteiger partial charge in [-0.15, -0.1) is 0 Å². The molecule has 0 radical (unpaired) electrons. The number of nitro groups is 1. The van der Waals surface area contributed by atoms with Crippen LogP contribution in [0, 0.1) is 10.1 Å². The molecule has 0 unspecified atom stereocenters. The van der Waals surface area contributed by atoms with Crippen molar-refractivity contribution in [3.8, 4) is 5.75 Å². The average Bonchev–Trinajstić information content (AvgIpc) is 2.77. The summed E-state index contributed by atoms with van der Waals surface area (Å²) in [6.45, 7) is 0.0318. The molecule has 0 aliphatic heterocycles. The molecule has 0 bridgehead atoms. The van der Waals surface area contributed by atoms with Crippen molar-refractivity contribution >= 4 is 33.0 Å². The molecule has 3 aromatic carbocycles. The number of amides is 1. The molecule has 0 aromatic heterocycles. The van der Waals surface area contributed by atoms with E-state index in [4.69, 9.17) is 4.74 Å². The molecule has 0 spiro atoms. The van der Waals surface area contributed by atoms with Crippen LogP contribution >= 0.6 is 0 Å². The van der Waals surface area contributed by atoms with E-state index in [-0.39, 0.29) is 34.9 Å². The van der Waals surface area contributed by atoms with Gasteiger partial charge in [0.25, 0.3) is 11.6 Å². The molecule has 0 saturated carbocycles. The Balaban J connectivity index is 2.01. The standard InChI is InChI=1S/C22H21N3O6S/c1-31-21-13-12-17(25(27)28)14-19(21)23-22(26)18-10-6-7-11-20(18)24(32(2,29)30)15-16-8-4-3-5-9-16/h3-14H,15H2,1-2H3,(H,23,26). The molecular formula is C22H21N3O6S. The van der Waals surface area contributed by atoms with Crippen molar-refractivity contribution in [3.05, 3.63) is 94.0 Å². The maximum absolute atomic E-state index is 13.1. The number of hydrogen-bond donors (Lipinski definition) is 1. The maximum Gasteiger partial charge on any atom is 0.271 e. The van der Waals surface area contributed by atoms with Gasteiger partial charge in [-0.1, -0.05) is 42.5 Å².